The molecule has 2 saturated heterocycles. The average molecular weight is 432 g/mol. The van der Waals surface area contributed by atoms with E-state index in [1.807, 2.05) is 4.90 Å². The van der Waals surface area contributed by atoms with E-state index in [-0.39, 0.29) is 48.0 Å². The number of amides is 1. The Morgan fingerprint density at radius 1 is 1.47 bits per heavy atom. The fourth-order valence-corrected chi connectivity index (χ4v) is 5.01. The molecule has 4 unspecified atom stereocenters. The van der Waals surface area contributed by atoms with Crippen LogP contribution in [0, 0.1) is 5.92 Å². The number of allylic oxidation sites excluding steroid dienone is 1. The molecule has 11 heteroatoms. The zero-order valence-electron chi connectivity index (χ0n) is 15.9. The van der Waals surface area contributed by atoms with Gasteiger partial charge in [-0.1, -0.05) is 11.6 Å². The number of fused-ring (bicyclic) bond motifs is 4. The van der Waals surface area contributed by atoms with E-state index >= 15 is 0 Å². The van der Waals surface area contributed by atoms with Gasteiger partial charge in [-0.25, -0.2) is 14.8 Å². The van der Waals surface area contributed by atoms with Crippen molar-refractivity contribution in [3.63, 3.8) is 0 Å². The normalized spacial score (nSPS) is 32.9. The van der Waals surface area contributed by atoms with Crippen molar-refractivity contribution in [3.05, 3.63) is 34.8 Å². The molecular weight excluding hydrogens is 414 g/mol. The van der Waals surface area contributed by atoms with Gasteiger partial charge < -0.3 is 25.4 Å². The topological polar surface area (TPSA) is 146 Å². The van der Waals surface area contributed by atoms with Gasteiger partial charge in [0.1, 0.15) is 11.8 Å². The number of nitrogens with one attached hydrogen (secondary N) is 1. The van der Waals surface area contributed by atoms with E-state index in [0.717, 1.165) is 0 Å². The lowest BCUT2D eigenvalue weighted by atomic mass is 9.82. The number of primary amides is 1. The minimum atomic E-state index is -0.993. The lowest BCUT2D eigenvalue weighted by Crippen LogP contribution is -2.55. The quantitative estimate of drug-likeness (QED) is 0.512. The molecule has 1 aromatic heterocycles. The summed E-state index contributed by atoms with van der Waals surface area (Å²) in [6.07, 6.45) is 0.325. The molecule has 30 heavy (non-hydrogen) atoms. The largest absolute Gasteiger partial charge is 0.449 e. The first-order valence-corrected chi connectivity index (χ1v) is 9.77. The SMILES string of the molecule is COC12C(COC(N)=O)C3=C(C(=O)CC(=Nc4ccc(Cl)nc4)C3=O)N1CC1NC12. The van der Waals surface area contributed by atoms with Crippen molar-refractivity contribution >= 4 is 40.7 Å². The second kappa shape index (κ2) is 6.59. The van der Waals surface area contributed by atoms with Gasteiger partial charge in [0.25, 0.3) is 0 Å². The highest BCUT2D eigenvalue weighted by molar-refractivity contribution is 6.52. The first-order valence-electron chi connectivity index (χ1n) is 9.39. The van der Waals surface area contributed by atoms with Gasteiger partial charge in [-0.2, -0.15) is 0 Å². The number of hydrogen-bond acceptors (Lipinski definition) is 9. The summed E-state index contributed by atoms with van der Waals surface area (Å²) in [5, 5.41) is 3.60. The highest BCUT2D eigenvalue weighted by atomic mass is 35.5. The van der Waals surface area contributed by atoms with Gasteiger partial charge in [0.2, 0.25) is 5.78 Å². The number of aliphatic imine (C=N–C) groups is 1. The number of aromatic nitrogens is 1. The number of halogens is 1. The number of nitrogens with zero attached hydrogens (tertiary/aromatic N) is 3. The van der Waals surface area contributed by atoms with Crippen molar-refractivity contribution < 1.29 is 23.9 Å². The molecule has 0 saturated carbocycles. The van der Waals surface area contributed by atoms with E-state index in [4.69, 9.17) is 26.8 Å². The Labute approximate surface area is 176 Å². The number of Topliss-reactive ketones (excluding diaryl/α,β-unsaturated/α-hetero) is 2. The van der Waals surface area contributed by atoms with Crippen LogP contribution < -0.4 is 11.1 Å². The maximum absolute atomic E-state index is 13.4. The molecule has 3 N–H and O–H groups in total. The summed E-state index contributed by atoms with van der Waals surface area (Å²) in [5.41, 5.74) is 5.26. The van der Waals surface area contributed by atoms with E-state index in [2.05, 4.69) is 15.3 Å². The van der Waals surface area contributed by atoms with Crippen LogP contribution in [0.15, 0.2) is 34.6 Å². The van der Waals surface area contributed by atoms with Crippen molar-refractivity contribution in [2.75, 3.05) is 20.3 Å². The Morgan fingerprint density at radius 3 is 2.93 bits per heavy atom. The standard InChI is InChI=1S/C19H18ClN5O5/c1-29-19-9(7-30-18(21)28)14-15(25(19)6-11-17(19)24-11)12(26)4-10(16(14)27)23-8-2-3-13(20)22-5-8/h2-3,5,9,11,17,24H,4,6-7H2,1H3,(H2,21,28). The van der Waals surface area contributed by atoms with E-state index in [9.17, 15) is 14.4 Å². The van der Waals surface area contributed by atoms with Crippen LogP contribution in [-0.4, -0.2) is 71.3 Å². The number of nitrogens with two attached hydrogens (primary N) is 1. The molecule has 2 fully saturated rings. The van der Waals surface area contributed by atoms with Gasteiger partial charge in [0.15, 0.2) is 11.5 Å². The predicted molar refractivity (Wildman–Crippen MR) is 104 cm³/mol. The number of piperazine rings is 1. The van der Waals surface area contributed by atoms with Crippen LogP contribution in [0.3, 0.4) is 0 Å². The van der Waals surface area contributed by atoms with Crippen LogP contribution in [0.2, 0.25) is 5.15 Å². The Hall–Kier alpha value is -2.82. The molecule has 4 atom stereocenters. The fraction of sp³-hybridized carbons (Fsp3) is 0.421. The van der Waals surface area contributed by atoms with E-state index in [0.29, 0.717) is 23.1 Å². The van der Waals surface area contributed by atoms with Crippen LogP contribution in [0.1, 0.15) is 6.42 Å². The Morgan fingerprint density at radius 2 is 2.27 bits per heavy atom. The van der Waals surface area contributed by atoms with Crippen molar-refractivity contribution in [2.24, 2.45) is 16.6 Å². The highest BCUT2D eigenvalue weighted by Gasteiger charge is 2.72. The number of methoxy groups -OCH3 is 1. The summed E-state index contributed by atoms with van der Waals surface area (Å²) in [6, 6.07) is 3.22. The van der Waals surface area contributed by atoms with Crippen molar-refractivity contribution in [3.8, 4) is 0 Å². The predicted octanol–water partition coefficient (Wildman–Crippen LogP) is 0.327. The van der Waals surface area contributed by atoms with Gasteiger partial charge in [-0.3, -0.25) is 9.59 Å². The number of pyridine rings is 1. The Kier molecular flexibility index (Phi) is 4.21. The van der Waals surface area contributed by atoms with Gasteiger partial charge in [-0.05, 0) is 12.1 Å². The lowest BCUT2D eigenvalue weighted by molar-refractivity contribution is -0.137. The molecule has 156 valence electrons. The summed E-state index contributed by atoms with van der Waals surface area (Å²) in [7, 11) is 1.52. The Bertz CT molecular complexity index is 1040. The third kappa shape index (κ3) is 2.60. The molecule has 3 aliphatic heterocycles. The van der Waals surface area contributed by atoms with Gasteiger partial charge in [0, 0.05) is 25.3 Å². The molecule has 4 aliphatic rings. The van der Waals surface area contributed by atoms with Crippen molar-refractivity contribution in [1.29, 1.82) is 0 Å². The first kappa shape index (κ1) is 19.2. The molecule has 0 spiro atoms. The summed E-state index contributed by atoms with van der Waals surface area (Å²) in [4.78, 5) is 47.9. The van der Waals surface area contributed by atoms with E-state index in [1.165, 1.54) is 13.3 Å². The molecule has 1 aliphatic carbocycles. The maximum Gasteiger partial charge on any atom is 0.404 e. The summed E-state index contributed by atoms with van der Waals surface area (Å²) < 4.78 is 11.0. The van der Waals surface area contributed by atoms with Gasteiger partial charge >= 0.3 is 6.09 Å². The van der Waals surface area contributed by atoms with E-state index in [1.54, 1.807) is 12.1 Å². The van der Waals surface area contributed by atoms with Crippen LogP contribution in [0.5, 0.6) is 0 Å². The van der Waals surface area contributed by atoms with Gasteiger partial charge in [-0.15, -0.1) is 0 Å². The molecule has 0 radical (unpaired) electrons. The highest BCUT2D eigenvalue weighted by Crippen LogP contribution is 2.55. The second-order valence-electron chi connectivity index (χ2n) is 7.59. The fourth-order valence-electron chi connectivity index (χ4n) is 4.90. The monoisotopic (exact) mass is 431 g/mol. The molecule has 1 aromatic rings. The van der Waals surface area contributed by atoms with Crippen LogP contribution in [-0.2, 0) is 19.1 Å². The summed E-state index contributed by atoms with van der Waals surface area (Å²) in [6.45, 7) is 0.342. The second-order valence-corrected chi connectivity index (χ2v) is 7.98. The zero-order valence-corrected chi connectivity index (χ0v) is 16.7. The summed E-state index contributed by atoms with van der Waals surface area (Å²) >= 11 is 5.80. The molecule has 0 bridgehead atoms. The van der Waals surface area contributed by atoms with Crippen molar-refractivity contribution in [2.45, 2.75) is 24.2 Å². The third-order valence-corrected chi connectivity index (χ3v) is 6.32. The zero-order chi connectivity index (χ0) is 21.2. The lowest BCUT2D eigenvalue weighted by Gasteiger charge is -2.39. The first-order chi connectivity index (χ1) is 14.4. The minimum absolute atomic E-state index is 0.0870. The number of carbonyl (C=O) groups is 3. The Balaban J connectivity index is 1.58. The number of rotatable bonds is 4. The minimum Gasteiger partial charge on any atom is -0.449 e. The average Bonchev–Trinajstić information content (AvgIpc) is 3.32. The smallest absolute Gasteiger partial charge is 0.404 e. The molecular formula is C19H18ClN5O5. The van der Waals surface area contributed by atoms with Crippen LogP contribution in [0.25, 0.3) is 0 Å². The van der Waals surface area contributed by atoms with E-state index < -0.39 is 17.7 Å². The maximum atomic E-state index is 13.4. The molecule has 4 heterocycles. The van der Waals surface area contributed by atoms with Crippen molar-refractivity contribution in [1.82, 2.24) is 15.2 Å². The number of hydrogen-bond donors (Lipinski definition) is 2. The number of carbonyl (C=O) groups excluding carboxylic acids is 3. The molecule has 10 nitrogen and oxygen atoms in total. The van der Waals surface area contributed by atoms with Gasteiger partial charge in [0.05, 0.1) is 41.7 Å². The third-order valence-electron chi connectivity index (χ3n) is 6.10. The summed E-state index contributed by atoms with van der Waals surface area (Å²) in [5.74, 6) is -1.28. The molecule has 5 rings (SSSR count). The van der Waals surface area contributed by atoms with Crippen LogP contribution >= 0.6 is 11.6 Å². The number of ketones is 2. The molecule has 1 amide bonds. The number of ether oxygens (including phenoxy) is 2. The van der Waals surface area contributed by atoms with Crippen LogP contribution in [0.4, 0.5) is 10.5 Å². The molecule has 0 aromatic carbocycles.